The molecule has 150 valence electrons. The third-order valence-corrected chi connectivity index (χ3v) is 3.97. The standard InChI is InChI=1S/C20H21FN6O2/c1-29-17-8-14(10-23-9-13-3-2-4-15(21)7-13)5-6-16(17)26-20(28)27-19-12-24-18(22)11-25-19/h2-8,11-12,23H,9-10H2,1H3,(H2,22,24)(H2,25,26,27,28). The van der Waals surface area contributed by atoms with Crippen molar-refractivity contribution in [2.75, 3.05) is 23.5 Å². The number of amides is 2. The second kappa shape index (κ2) is 9.47. The molecule has 0 spiro atoms. The summed E-state index contributed by atoms with van der Waals surface area (Å²) in [5.74, 6) is 0.784. The van der Waals surface area contributed by atoms with Gasteiger partial charge >= 0.3 is 6.03 Å². The van der Waals surface area contributed by atoms with Gasteiger partial charge in [-0.15, -0.1) is 0 Å². The number of methoxy groups -OCH3 is 1. The smallest absolute Gasteiger partial charge is 0.324 e. The highest BCUT2D eigenvalue weighted by Crippen LogP contribution is 2.25. The highest BCUT2D eigenvalue weighted by molar-refractivity contribution is 6.00. The monoisotopic (exact) mass is 396 g/mol. The van der Waals surface area contributed by atoms with Gasteiger partial charge in [0.1, 0.15) is 17.4 Å². The maximum atomic E-state index is 13.2. The van der Waals surface area contributed by atoms with Gasteiger partial charge < -0.3 is 21.1 Å². The summed E-state index contributed by atoms with van der Waals surface area (Å²) in [7, 11) is 1.52. The largest absolute Gasteiger partial charge is 0.495 e. The van der Waals surface area contributed by atoms with E-state index < -0.39 is 6.03 Å². The summed E-state index contributed by atoms with van der Waals surface area (Å²) in [5.41, 5.74) is 7.78. The van der Waals surface area contributed by atoms with Crippen molar-refractivity contribution in [1.82, 2.24) is 15.3 Å². The number of urea groups is 1. The number of hydrogen-bond acceptors (Lipinski definition) is 6. The number of benzene rings is 2. The average molecular weight is 396 g/mol. The van der Waals surface area contributed by atoms with E-state index in [-0.39, 0.29) is 17.5 Å². The number of nitrogens with one attached hydrogen (secondary N) is 3. The molecule has 0 saturated heterocycles. The van der Waals surface area contributed by atoms with Gasteiger partial charge in [-0.3, -0.25) is 5.32 Å². The van der Waals surface area contributed by atoms with Crippen molar-refractivity contribution < 1.29 is 13.9 Å². The fourth-order valence-electron chi connectivity index (χ4n) is 2.62. The molecule has 0 aliphatic heterocycles. The highest BCUT2D eigenvalue weighted by atomic mass is 19.1. The van der Waals surface area contributed by atoms with Gasteiger partial charge in [-0.2, -0.15) is 0 Å². The summed E-state index contributed by atoms with van der Waals surface area (Å²) < 4.78 is 18.6. The van der Waals surface area contributed by atoms with Gasteiger partial charge in [0.25, 0.3) is 0 Å². The number of rotatable bonds is 7. The Morgan fingerprint density at radius 3 is 2.55 bits per heavy atom. The molecule has 0 atom stereocenters. The lowest BCUT2D eigenvalue weighted by molar-refractivity contribution is 0.262. The molecule has 0 aliphatic carbocycles. The molecule has 3 aromatic rings. The fraction of sp³-hybridized carbons (Fsp3) is 0.150. The number of carbonyl (C=O) groups excluding carboxylic acids is 1. The van der Waals surface area contributed by atoms with E-state index in [4.69, 9.17) is 10.5 Å². The van der Waals surface area contributed by atoms with E-state index in [1.165, 1.54) is 31.6 Å². The minimum atomic E-state index is -0.487. The molecule has 1 heterocycles. The summed E-state index contributed by atoms with van der Waals surface area (Å²) in [5, 5.41) is 8.51. The first-order chi connectivity index (χ1) is 14.0. The second-order valence-corrected chi connectivity index (χ2v) is 6.17. The SMILES string of the molecule is COc1cc(CNCc2cccc(F)c2)ccc1NC(=O)Nc1cnc(N)cn1. The molecule has 0 radical (unpaired) electrons. The zero-order valence-electron chi connectivity index (χ0n) is 15.8. The van der Waals surface area contributed by atoms with Gasteiger partial charge in [0.2, 0.25) is 0 Å². The third-order valence-electron chi connectivity index (χ3n) is 3.97. The Hall–Kier alpha value is -3.72. The zero-order chi connectivity index (χ0) is 20.6. The molecule has 3 rings (SSSR count). The lowest BCUT2D eigenvalue weighted by Crippen LogP contribution is -2.21. The summed E-state index contributed by atoms with van der Waals surface area (Å²) >= 11 is 0. The molecule has 2 aromatic carbocycles. The van der Waals surface area contributed by atoms with E-state index in [1.807, 2.05) is 18.2 Å². The molecule has 8 nitrogen and oxygen atoms in total. The predicted octanol–water partition coefficient (Wildman–Crippen LogP) is 3.14. The summed E-state index contributed by atoms with van der Waals surface area (Å²) in [6.07, 6.45) is 2.71. The second-order valence-electron chi connectivity index (χ2n) is 6.17. The van der Waals surface area contributed by atoms with Crippen molar-refractivity contribution in [2.24, 2.45) is 0 Å². The van der Waals surface area contributed by atoms with Crippen LogP contribution in [0.2, 0.25) is 0 Å². The lowest BCUT2D eigenvalue weighted by Gasteiger charge is -2.13. The zero-order valence-corrected chi connectivity index (χ0v) is 15.8. The van der Waals surface area contributed by atoms with E-state index in [9.17, 15) is 9.18 Å². The predicted molar refractivity (Wildman–Crippen MR) is 109 cm³/mol. The Balaban J connectivity index is 1.57. The minimum absolute atomic E-state index is 0.260. The summed E-state index contributed by atoms with van der Waals surface area (Å²) in [6, 6.07) is 11.4. The lowest BCUT2D eigenvalue weighted by atomic mass is 10.1. The van der Waals surface area contributed by atoms with Crippen LogP contribution in [0.25, 0.3) is 0 Å². The number of aromatic nitrogens is 2. The van der Waals surface area contributed by atoms with Gasteiger partial charge in [0, 0.05) is 13.1 Å². The number of carbonyl (C=O) groups is 1. The van der Waals surface area contributed by atoms with Crippen molar-refractivity contribution in [2.45, 2.75) is 13.1 Å². The van der Waals surface area contributed by atoms with E-state index >= 15 is 0 Å². The van der Waals surface area contributed by atoms with Crippen molar-refractivity contribution in [3.63, 3.8) is 0 Å². The fourth-order valence-corrected chi connectivity index (χ4v) is 2.62. The average Bonchev–Trinajstić information content (AvgIpc) is 2.71. The summed E-state index contributed by atoms with van der Waals surface area (Å²) in [6.45, 7) is 1.09. The van der Waals surface area contributed by atoms with Gasteiger partial charge in [-0.05, 0) is 35.4 Å². The minimum Gasteiger partial charge on any atom is -0.495 e. The summed E-state index contributed by atoms with van der Waals surface area (Å²) in [4.78, 5) is 20.0. The van der Waals surface area contributed by atoms with Crippen LogP contribution in [-0.4, -0.2) is 23.1 Å². The van der Waals surface area contributed by atoms with Crippen LogP contribution in [0.5, 0.6) is 5.75 Å². The Morgan fingerprint density at radius 1 is 1.07 bits per heavy atom. The topological polar surface area (TPSA) is 114 Å². The quantitative estimate of drug-likeness (QED) is 0.488. The highest BCUT2D eigenvalue weighted by Gasteiger charge is 2.09. The maximum absolute atomic E-state index is 13.2. The van der Waals surface area contributed by atoms with Gasteiger partial charge in [-0.1, -0.05) is 18.2 Å². The van der Waals surface area contributed by atoms with E-state index in [2.05, 4.69) is 25.9 Å². The molecule has 0 aliphatic rings. The number of ether oxygens (including phenoxy) is 1. The van der Waals surface area contributed by atoms with Crippen molar-refractivity contribution in [3.8, 4) is 5.75 Å². The molecule has 29 heavy (non-hydrogen) atoms. The molecule has 9 heteroatoms. The van der Waals surface area contributed by atoms with Crippen LogP contribution in [0.3, 0.4) is 0 Å². The molecule has 5 N–H and O–H groups in total. The molecule has 0 unspecified atom stereocenters. The van der Waals surface area contributed by atoms with E-state index in [0.29, 0.717) is 24.5 Å². The number of nitrogens with zero attached hydrogens (tertiary/aromatic N) is 2. The molecule has 2 amide bonds. The number of nitrogen functional groups attached to an aromatic ring is 1. The van der Waals surface area contributed by atoms with Gasteiger partial charge in [0.05, 0.1) is 25.2 Å². The molecular weight excluding hydrogens is 375 g/mol. The number of hydrogen-bond donors (Lipinski definition) is 4. The molecule has 0 fully saturated rings. The van der Waals surface area contributed by atoms with Gasteiger partial charge in [-0.25, -0.2) is 19.2 Å². The molecule has 1 aromatic heterocycles. The normalized spacial score (nSPS) is 10.4. The van der Waals surface area contributed by atoms with E-state index in [0.717, 1.165) is 11.1 Å². The number of halogens is 1. The Morgan fingerprint density at radius 2 is 1.86 bits per heavy atom. The van der Waals surface area contributed by atoms with Crippen molar-refractivity contribution >= 4 is 23.4 Å². The Labute approximate surface area is 167 Å². The first kappa shape index (κ1) is 20.0. The number of nitrogens with two attached hydrogens (primary N) is 1. The van der Waals surface area contributed by atoms with Crippen LogP contribution in [0.1, 0.15) is 11.1 Å². The maximum Gasteiger partial charge on any atom is 0.324 e. The van der Waals surface area contributed by atoms with Crippen LogP contribution in [0.4, 0.5) is 26.5 Å². The van der Waals surface area contributed by atoms with Crippen LogP contribution < -0.4 is 26.4 Å². The van der Waals surface area contributed by atoms with Crippen LogP contribution >= 0.6 is 0 Å². The van der Waals surface area contributed by atoms with Crippen LogP contribution in [0, 0.1) is 5.82 Å². The van der Waals surface area contributed by atoms with E-state index in [1.54, 1.807) is 12.1 Å². The Bertz CT molecular complexity index is 981. The number of anilines is 3. The van der Waals surface area contributed by atoms with Crippen LogP contribution in [-0.2, 0) is 13.1 Å². The van der Waals surface area contributed by atoms with Crippen molar-refractivity contribution in [3.05, 3.63) is 71.8 Å². The van der Waals surface area contributed by atoms with Gasteiger partial charge in [0.15, 0.2) is 5.82 Å². The third kappa shape index (κ3) is 5.88. The van der Waals surface area contributed by atoms with Crippen LogP contribution in [0.15, 0.2) is 54.9 Å². The van der Waals surface area contributed by atoms with Crippen molar-refractivity contribution in [1.29, 1.82) is 0 Å². The first-order valence-corrected chi connectivity index (χ1v) is 8.81. The molecular formula is C20H21FN6O2. The molecule has 0 saturated carbocycles. The Kier molecular flexibility index (Phi) is 6.54. The molecule has 0 bridgehead atoms. The first-order valence-electron chi connectivity index (χ1n) is 8.81.